The summed E-state index contributed by atoms with van der Waals surface area (Å²) in [6.07, 6.45) is 4.44. The molecule has 5 rings (SSSR count). The third-order valence-electron chi connectivity index (χ3n) is 6.06. The lowest BCUT2D eigenvalue weighted by Gasteiger charge is -2.11. The van der Waals surface area contributed by atoms with E-state index in [1.165, 1.54) is 43.5 Å². The number of nitrogens with two attached hydrogens (primary N) is 1. The van der Waals surface area contributed by atoms with Gasteiger partial charge in [0.15, 0.2) is 17.3 Å². The van der Waals surface area contributed by atoms with E-state index in [1.54, 1.807) is 18.5 Å². The summed E-state index contributed by atoms with van der Waals surface area (Å²) >= 11 is 0. The van der Waals surface area contributed by atoms with Crippen molar-refractivity contribution in [2.75, 3.05) is 20.2 Å². The highest BCUT2D eigenvalue weighted by molar-refractivity contribution is 6.11. The van der Waals surface area contributed by atoms with E-state index in [1.807, 2.05) is 6.07 Å². The monoisotopic (exact) mass is 519 g/mol. The van der Waals surface area contributed by atoms with Crippen molar-refractivity contribution in [2.24, 2.45) is 5.73 Å². The molecule has 11 heteroatoms. The Balaban J connectivity index is 0.000000180. The summed E-state index contributed by atoms with van der Waals surface area (Å²) in [6, 6.07) is 11.6. The van der Waals surface area contributed by atoms with Crippen LogP contribution in [-0.4, -0.2) is 58.9 Å². The van der Waals surface area contributed by atoms with Crippen LogP contribution >= 0.6 is 0 Å². The van der Waals surface area contributed by atoms with Gasteiger partial charge in [-0.2, -0.15) is 0 Å². The predicted octanol–water partition coefficient (Wildman–Crippen LogP) is 2.52. The van der Waals surface area contributed by atoms with Crippen molar-refractivity contribution in [3.8, 4) is 11.5 Å². The maximum absolute atomic E-state index is 14.1. The van der Waals surface area contributed by atoms with E-state index in [0.717, 1.165) is 30.5 Å². The van der Waals surface area contributed by atoms with Crippen molar-refractivity contribution in [2.45, 2.75) is 12.5 Å². The fourth-order valence-electron chi connectivity index (χ4n) is 4.05. The van der Waals surface area contributed by atoms with Crippen LogP contribution in [0.2, 0.25) is 0 Å². The van der Waals surface area contributed by atoms with Crippen molar-refractivity contribution >= 4 is 28.6 Å². The number of H-pyrrole nitrogens is 1. The molecule has 196 valence electrons. The minimum atomic E-state index is -0.943. The number of hydrogen-bond donors (Lipinski definition) is 5. The second kappa shape index (κ2) is 11.5. The Morgan fingerprint density at radius 2 is 1.84 bits per heavy atom. The van der Waals surface area contributed by atoms with Gasteiger partial charge in [-0.15, -0.1) is 0 Å². The third kappa shape index (κ3) is 5.62. The predicted molar refractivity (Wildman–Crippen MR) is 138 cm³/mol. The van der Waals surface area contributed by atoms with Crippen LogP contribution in [0, 0.1) is 5.82 Å². The van der Waals surface area contributed by atoms with E-state index in [4.69, 9.17) is 10.5 Å². The van der Waals surface area contributed by atoms with Gasteiger partial charge in [0, 0.05) is 41.5 Å². The van der Waals surface area contributed by atoms with Crippen molar-refractivity contribution in [1.82, 2.24) is 20.6 Å². The number of carbonyl (C=O) groups is 3. The number of benzene rings is 2. The van der Waals surface area contributed by atoms with Gasteiger partial charge in [-0.3, -0.25) is 14.4 Å². The number of rotatable bonds is 6. The lowest BCUT2D eigenvalue weighted by atomic mass is 10.00. The number of halogens is 1. The highest BCUT2D eigenvalue weighted by Crippen LogP contribution is 2.30. The molecule has 0 saturated carbocycles. The number of carbonyl (C=O) groups excluding carboxylic acids is 3. The van der Waals surface area contributed by atoms with Crippen LogP contribution in [0.15, 0.2) is 60.9 Å². The number of phenolic OH excluding ortho intramolecular Hbond substituents is 1. The maximum atomic E-state index is 14.1. The lowest BCUT2D eigenvalue weighted by molar-refractivity contribution is 0.0940. The molecule has 0 spiro atoms. The smallest absolute Gasteiger partial charge is 0.252 e. The number of phenols is 1. The molecule has 1 fully saturated rings. The fourth-order valence-corrected chi connectivity index (χ4v) is 4.05. The summed E-state index contributed by atoms with van der Waals surface area (Å²) in [7, 11) is 1.26. The van der Waals surface area contributed by atoms with Crippen LogP contribution in [0.3, 0.4) is 0 Å². The standard InChI is InChI=1S/C15H12FNO4.C12H14N4O/c1-21-11-7-6-10(18)12(13(11)16)14(19)8-2-4-9(5-3-8)15(17)20;17-12(16-8-1-4-13-7-8)10-3-6-15-11-9(10)2-5-14-11/h2-7,18H,1H3,(H2,17,20);2-3,5-6,8,13H,1,4,7H2,(H,14,15)(H,16,17)/t;8-/m.0/s1. The number of ketones is 1. The number of ether oxygens (including phenoxy) is 1. The van der Waals surface area contributed by atoms with Gasteiger partial charge in [0.2, 0.25) is 5.91 Å². The summed E-state index contributed by atoms with van der Waals surface area (Å²) in [5, 5.41) is 16.8. The van der Waals surface area contributed by atoms with Crippen LogP contribution < -0.4 is 21.1 Å². The number of amides is 2. The second-order valence-corrected chi connectivity index (χ2v) is 8.51. The molecule has 2 amide bonds. The Bertz CT molecular complexity index is 1480. The summed E-state index contributed by atoms with van der Waals surface area (Å²) in [5.41, 5.74) is 6.38. The first-order chi connectivity index (χ1) is 18.3. The zero-order valence-corrected chi connectivity index (χ0v) is 20.5. The van der Waals surface area contributed by atoms with Crippen molar-refractivity contribution in [1.29, 1.82) is 0 Å². The van der Waals surface area contributed by atoms with Crippen LogP contribution in [0.25, 0.3) is 11.0 Å². The first kappa shape index (κ1) is 26.3. The van der Waals surface area contributed by atoms with Crippen molar-refractivity contribution in [3.63, 3.8) is 0 Å². The molecule has 0 unspecified atom stereocenters. The van der Waals surface area contributed by atoms with Crippen molar-refractivity contribution < 1.29 is 28.6 Å². The number of aromatic amines is 1. The molecule has 1 saturated heterocycles. The van der Waals surface area contributed by atoms with Gasteiger partial charge in [0.25, 0.3) is 5.91 Å². The molecular formula is C27H26FN5O5. The SMILES string of the molecule is COc1ccc(O)c(C(=O)c2ccc(C(N)=O)cc2)c1F.O=C(N[C@H]1CCNC1)c1ccnc2[nH]ccc12. The molecule has 2 aromatic carbocycles. The number of nitrogens with one attached hydrogen (secondary N) is 3. The Morgan fingerprint density at radius 3 is 2.50 bits per heavy atom. The Hall–Kier alpha value is -4.77. The number of aromatic nitrogens is 2. The minimum absolute atomic E-state index is 0.0225. The van der Waals surface area contributed by atoms with E-state index < -0.39 is 28.8 Å². The summed E-state index contributed by atoms with van der Waals surface area (Å²) < 4.78 is 18.9. The van der Waals surface area contributed by atoms with Gasteiger partial charge in [0.1, 0.15) is 17.0 Å². The van der Waals surface area contributed by atoms with Gasteiger partial charge in [-0.05, 0) is 49.4 Å². The number of nitrogens with zero attached hydrogens (tertiary/aromatic N) is 1. The van der Waals surface area contributed by atoms with E-state index in [2.05, 4.69) is 20.6 Å². The van der Waals surface area contributed by atoms with Gasteiger partial charge < -0.3 is 31.2 Å². The molecule has 0 bridgehead atoms. The average Bonchev–Trinajstić information content (AvgIpc) is 3.61. The highest BCUT2D eigenvalue weighted by Gasteiger charge is 2.22. The molecular weight excluding hydrogens is 493 g/mol. The second-order valence-electron chi connectivity index (χ2n) is 8.51. The molecule has 2 aromatic heterocycles. The van der Waals surface area contributed by atoms with Crippen LogP contribution in [0.5, 0.6) is 11.5 Å². The van der Waals surface area contributed by atoms with Crippen LogP contribution in [0.4, 0.5) is 4.39 Å². The first-order valence-corrected chi connectivity index (χ1v) is 11.7. The Kier molecular flexibility index (Phi) is 7.97. The van der Waals surface area contributed by atoms with E-state index in [9.17, 15) is 23.9 Å². The highest BCUT2D eigenvalue weighted by atomic mass is 19.1. The normalized spacial score (nSPS) is 14.4. The van der Waals surface area contributed by atoms with Gasteiger partial charge in [-0.25, -0.2) is 9.37 Å². The Morgan fingerprint density at radius 1 is 1.11 bits per heavy atom. The minimum Gasteiger partial charge on any atom is -0.507 e. The fraction of sp³-hybridized carbons (Fsp3) is 0.185. The summed E-state index contributed by atoms with van der Waals surface area (Å²) in [4.78, 5) is 42.5. The van der Waals surface area contributed by atoms with E-state index >= 15 is 0 Å². The van der Waals surface area contributed by atoms with E-state index in [-0.39, 0.29) is 28.8 Å². The molecule has 1 aliphatic rings. The summed E-state index contributed by atoms with van der Waals surface area (Å²) in [5.74, 6) is -2.96. The number of aromatic hydroxyl groups is 1. The number of fused-ring (bicyclic) bond motifs is 1. The number of methoxy groups -OCH3 is 1. The average molecular weight is 520 g/mol. The quantitative estimate of drug-likeness (QED) is 0.245. The van der Waals surface area contributed by atoms with Gasteiger partial charge in [-0.1, -0.05) is 12.1 Å². The topological polar surface area (TPSA) is 159 Å². The third-order valence-corrected chi connectivity index (χ3v) is 6.06. The zero-order valence-electron chi connectivity index (χ0n) is 20.5. The summed E-state index contributed by atoms with van der Waals surface area (Å²) in [6.45, 7) is 1.83. The van der Waals surface area contributed by atoms with Gasteiger partial charge in [0.05, 0.1) is 12.7 Å². The largest absolute Gasteiger partial charge is 0.507 e. The van der Waals surface area contributed by atoms with Crippen LogP contribution in [0.1, 0.15) is 43.1 Å². The van der Waals surface area contributed by atoms with E-state index in [0.29, 0.717) is 5.56 Å². The molecule has 6 N–H and O–H groups in total. The lowest BCUT2D eigenvalue weighted by Crippen LogP contribution is -2.36. The molecule has 1 atom stereocenters. The Labute approximate surface area is 217 Å². The molecule has 4 aromatic rings. The number of hydrogen-bond acceptors (Lipinski definition) is 7. The molecule has 38 heavy (non-hydrogen) atoms. The number of pyridine rings is 1. The van der Waals surface area contributed by atoms with Crippen molar-refractivity contribution in [3.05, 3.63) is 89.0 Å². The molecule has 1 aliphatic heterocycles. The maximum Gasteiger partial charge on any atom is 0.252 e. The van der Waals surface area contributed by atoms with Crippen LogP contribution in [-0.2, 0) is 0 Å². The molecule has 10 nitrogen and oxygen atoms in total. The zero-order chi connectivity index (χ0) is 27.2. The first-order valence-electron chi connectivity index (χ1n) is 11.7. The molecule has 0 aliphatic carbocycles. The number of primary amides is 1. The molecule has 0 radical (unpaired) electrons. The van der Waals surface area contributed by atoms with Gasteiger partial charge >= 0.3 is 0 Å². The molecule has 3 heterocycles.